The van der Waals surface area contributed by atoms with E-state index in [0.717, 1.165) is 29.7 Å². The smallest absolute Gasteiger partial charge is 0.213 e. The van der Waals surface area contributed by atoms with Crippen LogP contribution < -0.4 is 0 Å². The Bertz CT molecular complexity index is 697. The molecule has 0 radical (unpaired) electrons. The summed E-state index contributed by atoms with van der Waals surface area (Å²) >= 11 is 1.21. The van der Waals surface area contributed by atoms with Crippen molar-refractivity contribution in [2.24, 2.45) is 0 Å². The molecule has 8 heteroatoms. The maximum atomic E-state index is 11.7. The Morgan fingerprint density at radius 2 is 1.86 bits per heavy atom. The first-order valence-electron chi connectivity index (χ1n) is 6.68. The second-order valence-electron chi connectivity index (χ2n) is 5.28. The number of sulfonamides is 1. The molecule has 0 fully saturated rings. The number of hydrogen-bond acceptors (Lipinski definition) is 6. The number of benzene rings is 1. The summed E-state index contributed by atoms with van der Waals surface area (Å²) in [6.07, 6.45) is 0.623. The topological polar surface area (TPSA) is 66.4 Å². The van der Waals surface area contributed by atoms with E-state index in [0.29, 0.717) is 6.42 Å². The molecule has 0 saturated carbocycles. The van der Waals surface area contributed by atoms with E-state index in [1.807, 2.05) is 25.2 Å². The highest BCUT2D eigenvalue weighted by Gasteiger charge is 2.13. The molecule has 2 aromatic rings. The van der Waals surface area contributed by atoms with Gasteiger partial charge in [0.1, 0.15) is 11.0 Å². The number of rotatable bonds is 7. The largest absolute Gasteiger partial charge is 0.302 e. The van der Waals surface area contributed by atoms with E-state index in [9.17, 15) is 8.42 Å². The lowest BCUT2D eigenvalue weighted by atomic mass is 10.2. The van der Waals surface area contributed by atoms with Crippen LogP contribution in [-0.2, 0) is 16.6 Å². The van der Waals surface area contributed by atoms with Gasteiger partial charge in [0.2, 0.25) is 10.0 Å². The van der Waals surface area contributed by atoms with Crippen molar-refractivity contribution in [1.29, 1.82) is 0 Å². The second-order valence-corrected chi connectivity index (χ2v) is 8.11. The van der Waals surface area contributed by atoms with Crippen molar-refractivity contribution in [3.63, 3.8) is 0 Å². The molecular formula is C13H20N4O2S2. The highest BCUT2D eigenvalue weighted by Crippen LogP contribution is 2.14. The van der Waals surface area contributed by atoms with E-state index in [-0.39, 0.29) is 5.75 Å². The monoisotopic (exact) mass is 328 g/mol. The first-order chi connectivity index (χ1) is 9.88. The van der Waals surface area contributed by atoms with Crippen LogP contribution in [0.1, 0.15) is 12.0 Å². The molecule has 0 atom stereocenters. The maximum absolute atomic E-state index is 11.7. The molecule has 21 heavy (non-hydrogen) atoms. The summed E-state index contributed by atoms with van der Waals surface area (Å²) in [6, 6.07) is 6.04. The van der Waals surface area contributed by atoms with Crippen LogP contribution >= 0.6 is 11.7 Å². The van der Waals surface area contributed by atoms with Crippen LogP contribution in [0.15, 0.2) is 18.2 Å². The van der Waals surface area contributed by atoms with Gasteiger partial charge in [-0.2, -0.15) is 8.75 Å². The molecule has 1 aromatic heterocycles. The standard InChI is InChI=1S/C13H20N4O2S2/c1-16(2)21(18,19)8-4-7-17(3)10-11-5-6-12-13(9-11)15-20-14-12/h5-6,9H,4,7-8,10H2,1-3H3. The molecule has 116 valence electrons. The van der Waals surface area contributed by atoms with Crippen molar-refractivity contribution in [1.82, 2.24) is 18.0 Å². The minimum Gasteiger partial charge on any atom is -0.302 e. The van der Waals surface area contributed by atoms with Gasteiger partial charge in [0, 0.05) is 20.6 Å². The van der Waals surface area contributed by atoms with Gasteiger partial charge in [0.15, 0.2) is 0 Å². The van der Waals surface area contributed by atoms with Gasteiger partial charge in [-0.3, -0.25) is 0 Å². The second kappa shape index (κ2) is 6.78. The van der Waals surface area contributed by atoms with Crippen molar-refractivity contribution in [3.05, 3.63) is 23.8 Å². The van der Waals surface area contributed by atoms with Crippen LogP contribution in [0, 0.1) is 0 Å². The zero-order valence-electron chi connectivity index (χ0n) is 12.5. The Labute approximate surface area is 129 Å². The predicted octanol–water partition coefficient (Wildman–Crippen LogP) is 1.40. The van der Waals surface area contributed by atoms with Gasteiger partial charge in [-0.15, -0.1) is 0 Å². The number of nitrogens with zero attached hydrogens (tertiary/aromatic N) is 4. The molecule has 0 aliphatic heterocycles. The van der Waals surface area contributed by atoms with Gasteiger partial charge >= 0.3 is 0 Å². The van der Waals surface area contributed by atoms with E-state index in [1.54, 1.807) is 14.1 Å². The zero-order chi connectivity index (χ0) is 15.5. The number of hydrogen-bond donors (Lipinski definition) is 0. The van der Waals surface area contributed by atoms with Gasteiger partial charge < -0.3 is 4.90 Å². The van der Waals surface area contributed by atoms with Crippen LogP contribution in [0.25, 0.3) is 11.0 Å². The van der Waals surface area contributed by atoms with Gasteiger partial charge in [0.05, 0.1) is 17.5 Å². The van der Waals surface area contributed by atoms with Gasteiger partial charge in [-0.25, -0.2) is 12.7 Å². The summed E-state index contributed by atoms with van der Waals surface area (Å²) in [5.41, 5.74) is 3.00. The van der Waals surface area contributed by atoms with Gasteiger partial charge in [-0.05, 0) is 37.7 Å². The third kappa shape index (κ3) is 4.44. The Morgan fingerprint density at radius 1 is 1.14 bits per heavy atom. The fraction of sp³-hybridized carbons (Fsp3) is 0.538. The summed E-state index contributed by atoms with van der Waals surface area (Å²) in [6.45, 7) is 1.51. The fourth-order valence-electron chi connectivity index (χ4n) is 2.02. The van der Waals surface area contributed by atoms with E-state index in [2.05, 4.69) is 13.6 Å². The van der Waals surface area contributed by atoms with E-state index >= 15 is 0 Å². The average molecular weight is 328 g/mol. The van der Waals surface area contributed by atoms with Crippen molar-refractivity contribution in [2.45, 2.75) is 13.0 Å². The molecule has 0 N–H and O–H groups in total. The van der Waals surface area contributed by atoms with Crippen LogP contribution in [0.2, 0.25) is 0 Å². The van der Waals surface area contributed by atoms with Crippen molar-refractivity contribution < 1.29 is 8.42 Å². The minimum absolute atomic E-state index is 0.180. The van der Waals surface area contributed by atoms with Crippen molar-refractivity contribution in [3.8, 4) is 0 Å². The molecule has 0 aliphatic carbocycles. The molecule has 0 aliphatic rings. The first-order valence-corrected chi connectivity index (χ1v) is 9.02. The summed E-state index contributed by atoms with van der Waals surface area (Å²) in [5.74, 6) is 0.180. The minimum atomic E-state index is -3.10. The molecule has 0 amide bonds. The fourth-order valence-corrected chi connectivity index (χ4v) is 3.39. The molecule has 1 heterocycles. The van der Waals surface area contributed by atoms with E-state index < -0.39 is 10.0 Å². The van der Waals surface area contributed by atoms with Crippen LogP contribution in [0.4, 0.5) is 0 Å². The molecule has 0 saturated heterocycles. The SMILES string of the molecule is CN(CCCS(=O)(=O)N(C)C)Cc1ccc2nsnc2c1. The van der Waals surface area contributed by atoms with E-state index in [1.165, 1.54) is 16.0 Å². The maximum Gasteiger partial charge on any atom is 0.213 e. The average Bonchev–Trinajstić information content (AvgIpc) is 2.85. The van der Waals surface area contributed by atoms with Crippen LogP contribution in [0.5, 0.6) is 0 Å². The summed E-state index contributed by atoms with van der Waals surface area (Å²) in [4.78, 5) is 2.12. The third-order valence-electron chi connectivity index (χ3n) is 3.27. The van der Waals surface area contributed by atoms with Gasteiger partial charge in [-0.1, -0.05) is 6.07 Å². The highest BCUT2D eigenvalue weighted by atomic mass is 32.2. The quantitative estimate of drug-likeness (QED) is 0.769. The van der Waals surface area contributed by atoms with E-state index in [4.69, 9.17) is 0 Å². The molecule has 2 rings (SSSR count). The molecule has 6 nitrogen and oxygen atoms in total. The number of aromatic nitrogens is 2. The Morgan fingerprint density at radius 3 is 2.57 bits per heavy atom. The third-order valence-corrected chi connectivity index (χ3v) is 5.74. The first kappa shape index (κ1) is 16.3. The molecule has 0 bridgehead atoms. The van der Waals surface area contributed by atoms with Crippen LogP contribution in [0.3, 0.4) is 0 Å². The lowest BCUT2D eigenvalue weighted by molar-refractivity contribution is 0.327. The van der Waals surface area contributed by atoms with Crippen LogP contribution in [-0.4, -0.2) is 59.8 Å². The Hall–Kier alpha value is -1.09. The summed E-state index contributed by atoms with van der Waals surface area (Å²) in [5, 5.41) is 0. The molecule has 1 aromatic carbocycles. The summed E-state index contributed by atoms with van der Waals surface area (Å²) < 4.78 is 33.0. The lowest BCUT2D eigenvalue weighted by Gasteiger charge is -2.17. The lowest BCUT2D eigenvalue weighted by Crippen LogP contribution is -2.28. The zero-order valence-corrected chi connectivity index (χ0v) is 14.1. The van der Waals surface area contributed by atoms with Crippen molar-refractivity contribution in [2.75, 3.05) is 33.4 Å². The Kier molecular flexibility index (Phi) is 5.26. The summed E-state index contributed by atoms with van der Waals surface area (Å²) in [7, 11) is 2.02. The normalized spacial score (nSPS) is 12.6. The van der Waals surface area contributed by atoms with Gasteiger partial charge in [0.25, 0.3) is 0 Å². The molecule has 0 spiro atoms. The molecular weight excluding hydrogens is 308 g/mol. The molecule has 0 unspecified atom stereocenters. The Balaban J connectivity index is 1.85. The predicted molar refractivity (Wildman–Crippen MR) is 85.8 cm³/mol. The highest BCUT2D eigenvalue weighted by molar-refractivity contribution is 7.89. The number of fused-ring (bicyclic) bond motifs is 1. The van der Waals surface area contributed by atoms with Crippen molar-refractivity contribution >= 4 is 32.8 Å².